The van der Waals surface area contributed by atoms with E-state index in [9.17, 15) is 4.79 Å². The van der Waals surface area contributed by atoms with Gasteiger partial charge in [-0.1, -0.05) is 20.3 Å². The van der Waals surface area contributed by atoms with Crippen molar-refractivity contribution < 1.29 is 9.53 Å². The van der Waals surface area contributed by atoms with E-state index in [1.54, 1.807) is 6.92 Å². The van der Waals surface area contributed by atoms with E-state index in [0.29, 0.717) is 18.2 Å². The minimum absolute atomic E-state index is 0.338. The average Bonchev–Trinajstić information content (AvgIpc) is 2.03. The van der Waals surface area contributed by atoms with Crippen molar-refractivity contribution in [1.29, 1.82) is 0 Å². The van der Waals surface area contributed by atoms with Gasteiger partial charge in [-0.25, -0.2) is 4.79 Å². The third kappa shape index (κ3) is 7.65. The lowest BCUT2D eigenvalue weighted by molar-refractivity contribution is -0.137. The molecule has 82 valence electrons. The maximum absolute atomic E-state index is 11.0. The van der Waals surface area contributed by atoms with Crippen molar-refractivity contribution >= 4 is 5.97 Å². The minimum atomic E-state index is -0.338. The summed E-state index contributed by atoms with van der Waals surface area (Å²) in [4.78, 5) is 11.0. The molecule has 2 N–H and O–H groups in total. The van der Waals surface area contributed by atoms with Gasteiger partial charge in [0.05, 0.1) is 6.61 Å². The normalized spacial score (nSPS) is 11.9. The standard InChI is InChI=1S/C11H21NO2/c1-4-14-11(13)8-10(12)7-5-6-9(2)3/h8-9H,4-7,12H2,1-3H3/b10-8-. The quantitative estimate of drug-likeness (QED) is 0.527. The van der Waals surface area contributed by atoms with Gasteiger partial charge in [0.1, 0.15) is 0 Å². The Morgan fingerprint density at radius 2 is 2.14 bits per heavy atom. The third-order valence-electron chi connectivity index (χ3n) is 1.84. The fourth-order valence-corrected chi connectivity index (χ4v) is 1.12. The van der Waals surface area contributed by atoms with E-state index in [-0.39, 0.29) is 5.97 Å². The second-order valence-electron chi connectivity index (χ2n) is 3.76. The second-order valence-corrected chi connectivity index (χ2v) is 3.76. The van der Waals surface area contributed by atoms with Gasteiger partial charge in [-0.3, -0.25) is 0 Å². The maximum atomic E-state index is 11.0. The van der Waals surface area contributed by atoms with E-state index in [2.05, 4.69) is 13.8 Å². The van der Waals surface area contributed by atoms with Gasteiger partial charge >= 0.3 is 5.97 Å². The van der Waals surface area contributed by atoms with Gasteiger partial charge in [-0.2, -0.15) is 0 Å². The summed E-state index contributed by atoms with van der Waals surface area (Å²) in [6, 6.07) is 0. The molecule has 0 spiro atoms. The number of carbonyl (C=O) groups excluding carboxylic acids is 1. The zero-order valence-corrected chi connectivity index (χ0v) is 9.38. The summed E-state index contributed by atoms with van der Waals surface area (Å²) in [7, 11) is 0. The molecule has 0 heterocycles. The highest BCUT2D eigenvalue weighted by Gasteiger charge is 1.99. The van der Waals surface area contributed by atoms with Crippen molar-refractivity contribution in [1.82, 2.24) is 0 Å². The molecule has 0 fully saturated rings. The second kappa shape index (κ2) is 7.42. The topological polar surface area (TPSA) is 52.3 Å². The fraction of sp³-hybridized carbons (Fsp3) is 0.727. The molecular weight excluding hydrogens is 178 g/mol. The van der Waals surface area contributed by atoms with Crippen molar-refractivity contribution in [3.8, 4) is 0 Å². The molecule has 3 nitrogen and oxygen atoms in total. The van der Waals surface area contributed by atoms with Crippen LogP contribution >= 0.6 is 0 Å². The number of hydrogen-bond acceptors (Lipinski definition) is 3. The number of rotatable bonds is 6. The number of carbonyl (C=O) groups is 1. The van der Waals surface area contributed by atoms with E-state index < -0.39 is 0 Å². The van der Waals surface area contributed by atoms with E-state index in [1.807, 2.05) is 0 Å². The van der Waals surface area contributed by atoms with Gasteiger partial charge in [-0.15, -0.1) is 0 Å². The molecule has 0 atom stereocenters. The number of hydrogen-bond donors (Lipinski definition) is 1. The molecule has 0 radical (unpaired) electrons. The maximum Gasteiger partial charge on any atom is 0.332 e. The molecule has 0 aromatic carbocycles. The molecule has 14 heavy (non-hydrogen) atoms. The first-order chi connectivity index (χ1) is 6.56. The first-order valence-electron chi connectivity index (χ1n) is 5.19. The van der Waals surface area contributed by atoms with Crippen LogP contribution in [0.1, 0.15) is 40.0 Å². The van der Waals surface area contributed by atoms with Gasteiger partial charge in [-0.05, 0) is 25.7 Å². The largest absolute Gasteiger partial charge is 0.463 e. The lowest BCUT2D eigenvalue weighted by Gasteiger charge is -2.04. The highest BCUT2D eigenvalue weighted by Crippen LogP contribution is 2.08. The Balaban J connectivity index is 3.71. The molecule has 0 aromatic heterocycles. The Kier molecular flexibility index (Phi) is 6.89. The van der Waals surface area contributed by atoms with Crippen LogP contribution in [-0.4, -0.2) is 12.6 Å². The molecule has 0 rings (SSSR count). The van der Waals surface area contributed by atoms with Crippen molar-refractivity contribution in [2.75, 3.05) is 6.61 Å². The zero-order chi connectivity index (χ0) is 11.0. The van der Waals surface area contributed by atoms with Gasteiger partial charge < -0.3 is 10.5 Å². The molecular formula is C11H21NO2. The van der Waals surface area contributed by atoms with Crippen molar-refractivity contribution in [2.24, 2.45) is 11.7 Å². The molecule has 0 saturated heterocycles. The van der Waals surface area contributed by atoms with E-state index >= 15 is 0 Å². The fourth-order valence-electron chi connectivity index (χ4n) is 1.12. The van der Waals surface area contributed by atoms with Crippen LogP contribution in [0.4, 0.5) is 0 Å². The Morgan fingerprint density at radius 1 is 1.50 bits per heavy atom. The molecule has 0 aliphatic heterocycles. The summed E-state index contributed by atoms with van der Waals surface area (Å²) in [5, 5.41) is 0. The highest BCUT2D eigenvalue weighted by atomic mass is 16.5. The predicted octanol–water partition coefficient (Wildman–Crippen LogP) is 2.22. The number of nitrogens with two attached hydrogens (primary N) is 1. The first kappa shape index (κ1) is 13.0. The Hall–Kier alpha value is -0.990. The van der Waals surface area contributed by atoms with Gasteiger partial charge in [0.2, 0.25) is 0 Å². The van der Waals surface area contributed by atoms with Crippen molar-refractivity contribution in [2.45, 2.75) is 40.0 Å². The summed E-state index contributed by atoms with van der Waals surface area (Å²) < 4.78 is 4.74. The summed E-state index contributed by atoms with van der Waals surface area (Å²) in [6.07, 6.45) is 4.32. The van der Waals surface area contributed by atoms with Crippen LogP contribution in [0.15, 0.2) is 11.8 Å². The van der Waals surface area contributed by atoms with Crippen LogP contribution in [0.2, 0.25) is 0 Å². The van der Waals surface area contributed by atoms with Crippen LogP contribution in [0.5, 0.6) is 0 Å². The average molecular weight is 199 g/mol. The molecule has 0 amide bonds. The molecule has 0 unspecified atom stereocenters. The predicted molar refractivity (Wildman–Crippen MR) is 57.6 cm³/mol. The number of ether oxygens (including phenoxy) is 1. The van der Waals surface area contributed by atoms with Crippen LogP contribution in [0.25, 0.3) is 0 Å². The number of esters is 1. The summed E-state index contributed by atoms with van der Waals surface area (Å²) in [5.74, 6) is 0.347. The van der Waals surface area contributed by atoms with Crippen molar-refractivity contribution in [3.63, 3.8) is 0 Å². The van der Waals surface area contributed by atoms with Crippen LogP contribution in [0.3, 0.4) is 0 Å². The van der Waals surface area contributed by atoms with Crippen molar-refractivity contribution in [3.05, 3.63) is 11.8 Å². The SMILES string of the molecule is CCOC(=O)/C=C(\N)CCCC(C)C. The van der Waals surface area contributed by atoms with Gasteiger partial charge in [0.25, 0.3) is 0 Å². The van der Waals surface area contributed by atoms with Crippen LogP contribution in [-0.2, 0) is 9.53 Å². The summed E-state index contributed by atoms with van der Waals surface area (Å²) in [5.41, 5.74) is 6.27. The Bertz CT molecular complexity index is 197. The molecule has 3 heteroatoms. The Labute approximate surface area is 86.3 Å². The lowest BCUT2D eigenvalue weighted by Crippen LogP contribution is -2.06. The monoisotopic (exact) mass is 199 g/mol. The van der Waals surface area contributed by atoms with E-state index in [0.717, 1.165) is 19.3 Å². The first-order valence-corrected chi connectivity index (χ1v) is 5.19. The molecule has 0 aliphatic rings. The van der Waals surface area contributed by atoms with Gasteiger partial charge in [0, 0.05) is 11.8 Å². The molecule has 0 saturated carbocycles. The third-order valence-corrected chi connectivity index (χ3v) is 1.84. The minimum Gasteiger partial charge on any atom is -0.463 e. The molecule has 0 bridgehead atoms. The summed E-state index contributed by atoms with van der Waals surface area (Å²) >= 11 is 0. The van der Waals surface area contributed by atoms with Crippen LogP contribution in [0, 0.1) is 5.92 Å². The Morgan fingerprint density at radius 3 is 2.64 bits per heavy atom. The zero-order valence-electron chi connectivity index (χ0n) is 9.38. The highest BCUT2D eigenvalue weighted by molar-refractivity contribution is 5.82. The van der Waals surface area contributed by atoms with Gasteiger partial charge in [0.15, 0.2) is 0 Å². The molecule has 0 aliphatic carbocycles. The summed E-state index contributed by atoms with van der Waals surface area (Å²) in [6.45, 7) is 6.52. The van der Waals surface area contributed by atoms with E-state index in [4.69, 9.17) is 10.5 Å². The molecule has 0 aromatic rings. The number of allylic oxidation sites excluding steroid dienone is 1. The van der Waals surface area contributed by atoms with E-state index in [1.165, 1.54) is 6.08 Å². The lowest BCUT2D eigenvalue weighted by atomic mass is 10.1. The smallest absolute Gasteiger partial charge is 0.332 e. The van der Waals surface area contributed by atoms with Crippen LogP contribution < -0.4 is 5.73 Å².